The topological polar surface area (TPSA) is 41.1 Å². The van der Waals surface area contributed by atoms with E-state index >= 15 is 0 Å². The van der Waals surface area contributed by atoms with Crippen LogP contribution in [0.4, 0.5) is 20.6 Å². The van der Waals surface area contributed by atoms with E-state index in [2.05, 4.69) is 33.5 Å². The predicted molar refractivity (Wildman–Crippen MR) is 82.6 cm³/mol. The van der Waals surface area contributed by atoms with Crippen LogP contribution in [-0.2, 0) is 6.42 Å². The maximum Gasteiger partial charge on any atom is 0.323 e. The summed E-state index contributed by atoms with van der Waals surface area (Å²) in [5.74, 6) is -0.363. The molecular weight excluding hydrogens is 323 g/mol. The van der Waals surface area contributed by atoms with Crippen LogP contribution in [0.1, 0.15) is 12.5 Å². The number of anilines is 2. The molecule has 0 atom stereocenters. The summed E-state index contributed by atoms with van der Waals surface area (Å²) in [4.78, 5) is 11.9. The van der Waals surface area contributed by atoms with E-state index in [1.165, 1.54) is 18.2 Å². The fourth-order valence-electron chi connectivity index (χ4n) is 1.74. The summed E-state index contributed by atoms with van der Waals surface area (Å²) in [6.07, 6.45) is 0.903. The zero-order chi connectivity index (χ0) is 14.5. The lowest BCUT2D eigenvalue weighted by atomic mass is 10.1. The number of nitrogens with one attached hydrogen (secondary N) is 2. The maximum atomic E-state index is 13.0. The summed E-state index contributed by atoms with van der Waals surface area (Å²) in [5.41, 5.74) is 2.38. The average Bonchev–Trinajstić information content (AvgIpc) is 2.42. The van der Waals surface area contributed by atoms with E-state index in [4.69, 9.17) is 0 Å². The van der Waals surface area contributed by atoms with Gasteiger partial charge in [0.15, 0.2) is 0 Å². The Morgan fingerprint density at radius 3 is 2.70 bits per heavy atom. The van der Waals surface area contributed by atoms with Gasteiger partial charge in [-0.1, -0.05) is 19.1 Å². The van der Waals surface area contributed by atoms with Gasteiger partial charge in [0.05, 0.1) is 5.69 Å². The Morgan fingerprint density at radius 2 is 2.00 bits per heavy atom. The molecule has 0 aromatic heterocycles. The standard InChI is InChI=1S/C15H14BrFN2O/c1-2-10-4-3-5-12(8-10)18-15(20)19-14-7-6-11(17)9-13(14)16/h3-9H,2H2,1H3,(H2,18,19,20). The molecule has 0 saturated heterocycles. The molecule has 0 spiro atoms. The fourth-order valence-corrected chi connectivity index (χ4v) is 2.19. The van der Waals surface area contributed by atoms with Crippen molar-refractivity contribution < 1.29 is 9.18 Å². The second kappa shape index (κ2) is 6.52. The van der Waals surface area contributed by atoms with Gasteiger partial charge in [0.25, 0.3) is 0 Å². The van der Waals surface area contributed by atoms with E-state index in [1.807, 2.05) is 24.3 Å². The molecule has 0 unspecified atom stereocenters. The molecule has 2 N–H and O–H groups in total. The highest BCUT2D eigenvalue weighted by Crippen LogP contribution is 2.23. The number of benzene rings is 2. The van der Waals surface area contributed by atoms with Gasteiger partial charge in [-0.2, -0.15) is 0 Å². The highest BCUT2D eigenvalue weighted by molar-refractivity contribution is 9.10. The monoisotopic (exact) mass is 336 g/mol. The van der Waals surface area contributed by atoms with E-state index in [0.29, 0.717) is 10.2 Å². The first-order valence-electron chi connectivity index (χ1n) is 6.20. The smallest absolute Gasteiger partial charge is 0.308 e. The molecule has 0 aliphatic carbocycles. The third-order valence-electron chi connectivity index (χ3n) is 2.77. The summed E-state index contributed by atoms with van der Waals surface area (Å²) in [6.45, 7) is 2.05. The molecule has 104 valence electrons. The van der Waals surface area contributed by atoms with Crippen LogP contribution in [-0.4, -0.2) is 6.03 Å². The minimum atomic E-state index is -0.370. The van der Waals surface area contributed by atoms with Crippen molar-refractivity contribution in [3.63, 3.8) is 0 Å². The molecular formula is C15H14BrFN2O. The highest BCUT2D eigenvalue weighted by atomic mass is 79.9. The number of carbonyl (C=O) groups is 1. The molecule has 2 amide bonds. The average molecular weight is 337 g/mol. The Balaban J connectivity index is 2.05. The molecule has 2 aromatic carbocycles. The lowest BCUT2D eigenvalue weighted by molar-refractivity contribution is 0.262. The molecule has 0 radical (unpaired) electrons. The van der Waals surface area contributed by atoms with Crippen LogP contribution < -0.4 is 10.6 Å². The Labute approximate surface area is 125 Å². The van der Waals surface area contributed by atoms with E-state index in [-0.39, 0.29) is 11.8 Å². The van der Waals surface area contributed by atoms with Crippen LogP contribution in [0.3, 0.4) is 0 Å². The fraction of sp³-hybridized carbons (Fsp3) is 0.133. The lowest BCUT2D eigenvalue weighted by Gasteiger charge is -2.10. The van der Waals surface area contributed by atoms with Crippen molar-refractivity contribution in [1.29, 1.82) is 0 Å². The van der Waals surface area contributed by atoms with Gasteiger partial charge in [-0.3, -0.25) is 0 Å². The SMILES string of the molecule is CCc1cccc(NC(=O)Nc2ccc(F)cc2Br)c1. The van der Waals surface area contributed by atoms with E-state index < -0.39 is 0 Å². The lowest BCUT2D eigenvalue weighted by Crippen LogP contribution is -2.19. The number of halogens is 2. The van der Waals surface area contributed by atoms with E-state index in [1.54, 1.807) is 0 Å². The van der Waals surface area contributed by atoms with Crippen LogP contribution in [0, 0.1) is 5.82 Å². The molecule has 20 heavy (non-hydrogen) atoms. The van der Waals surface area contributed by atoms with Crippen molar-refractivity contribution in [3.8, 4) is 0 Å². The van der Waals surface area contributed by atoms with Crippen LogP contribution in [0.25, 0.3) is 0 Å². The Hall–Kier alpha value is -1.88. The summed E-state index contributed by atoms with van der Waals surface area (Å²) < 4.78 is 13.5. The third-order valence-corrected chi connectivity index (χ3v) is 3.43. The molecule has 3 nitrogen and oxygen atoms in total. The van der Waals surface area contributed by atoms with Crippen molar-refractivity contribution in [3.05, 3.63) is 58.3 Å². The van der Waals surface area contributed by atoms with Gasteiger partial charge >= 0.3 is 6.03 Å². The largest absolute Gasteiger partial charge is 0.323 e. The number of hydrogen-bond donors (Lipinski definition) is 2. The minimum absolute atomic E-state index is 0.363. The predicted octanol–water partition coefficient (Wildman–Crippen LogP) is 4.79. The zero-order valence-electron chi connectivity index (χ0n) is 10.9. The second-order valence-electron chi connectivity index (χ2n) is 4.26. The van der Waals surface area contributed by atoms with Crippen LogP contribution in [0.15, 0.2) is 46.9 Å². The molecule has 0 bridgehead atoms. The Morgan fingerprint density at radius 1 is 1.20 bits per heavy atom. The van der Waals surface area contributed by atoms with Gasteiger partial charge in [0, 0.05) is 10.2 Å². The first-order valence-corrected chi connectivity index (χ1v) is 7.00. The Bertz CT molecular complexity index is 631. The number of carbonyl (C=O) groups excluding carboxylic acids is 1. The molecule has 0 fully saturated rings. The summed E-state index contributed by atoms with van der Waals surface area (Å²) in [6, 6.07) is 11.3. The van der Waals surface area contributed by atoms with E-state index in [9.17, 15) is 9.18 Å². The second-order valence-corrected chi connectivity index (χ2v) is 5.11. The summed E-state index contributed by atoms with van der Waals surface area (Å²) in [5, 5.41) is 5.40. The third kappa shape index (κ3) is 3.81. The van der Waals surface area contributed by atoms with Crippen molar-refractivity contribution >= 4 is 33.3 Å². The van der Waals surface area contributed by atoms with Crippen molar-refractivity contribution in [2.45, 2.75) is 13.3 Å². The summed E-state index contributed by atoms with van der Waals surface area (Å²) in [7, 11) is 0. The number of rotatable bonds is 3. The van der Waals surface area contributed by atoms with Gasteiger partial charge in [-0.25, -0.2) is 9.18 Å². The van der Waals surface area contributed by atoms with Gasteiger partial charge < -0.3 is 10.6 Å². The van der Waals surface area contributed by atoms with Gasteiger partial charge in [-0.05, 0) is 58.2 Å². The Kier molecular flexibility index (Phi) is 4.74. The molecule has 2 aromatic rings. The number of aryl methyl sites for hydroxylation is 1. The number of hydrogen-bond acceptors (Lipinski definition) is 1. The number of urea groups is 1. The molecule has 0 saturated carbocycles. The van der Waals surface area contributed by atoms with Crippen molar-refractivity contribution in [2.75, 3.05) is 10.6 Å². The van der Waals surface area contributed by atoms with Crippen LogP contribution in [0.5, 0.6) is 0 Å². The quantitative estimate of drug-likeness (QED) is 0.830. The minimum Gasteiger partial charge on any atom is -0.308 e. The summed E-state index contributed by atoms with van der Waals surface area (Å²) >= 11 is 3.20. The molecule has 2 rings (SSSR count). The number of amides is 2. The highest BCUT2D eigenvalue weighted by Gasteiger charge is 2.06. The first kappa shape index (κ1) is 14.5. The normalized spacial score (nSPS) is 10.2. The van der Waals surface area contributed by atoms with Gasteiger partial charge in [0.2, 0.25) is 0 Å². The first-order chi connectivity index (χ1) is 9.58. The van der Waals surface area contributed by atoms with Crippen molar-refractivity contribution in [1.82, 2.24) is 0 Å². The molecule has 5 heteroatoms. The van der Waals surface area contributed by atoms with Crippen molar-refractivity contribution in [2.24, 2.45) is 0 Å². The molecule has 0 aliphatic rings. The zero-order valence-corrected chi connectivity index (χ0v) is 12.5. The van der Waals surface area contributed by atoms with Gasteiger partial charge in [-0.15, -0.1) is 0 Å². The van der Waals surface area contributed by atoms with Crippen LogP contribution in [0.2, 0.25) is 0 Å². The molecule has 0 aliphatic heterocycles. The van der Waals surface area contributed by atoms with Crippen LogP contribution >= 0.6 is 15.9 Å². The maximum absolute atomic E-state index is 13.0. The van der Waals surface area contributed by atoms with E-state index in [0.717, 1.165) is 17.7 Å². The molecule has 0 heterocycles. The van der Waals surface area contributed by atoms with Gasteiger partial charge in [0.1, 0.15) is 5.82 Å².